The first kappa shape index (κ1) is 13.6. The van der Waals surface area contributed by atoms with Gasteiger partial charge in [0, 0.05) is 31.1 Å². The fourth-order valence-corrected chi connectivity index (χ4v) is 3.83. The molecule has 0 unspecified atom stereocenters. The third kappa shape index (κ3) is 2.14. The Morgan fingerprint density at radius 2 is 1.95 bits per heavy atom. The molecule has 1 aliphatic heterocycles. The van der Waals surface area contributed by atoms with Gasteiger partial charge in [-0.25, -0.2) is 0 Å². The van der Waals surface area contributed by atoms with Crippen LogP contribution in [-0.4, -0.2) is 19.5 Å². The van der Waals surface area contributed by atoms with E-state index in [0.29, 0.717) is 6.42 Å². The van der Waals surface area contributed by atoms with Crippen molar-refractivity contribution in [2.24, 2.45) is 5.73 Å². The van der Waals surface area contributed by atoms with Crippen LogP contribution in [0, 0.1) is 0 Å². The summed E-state index contributed by atoms with van der Waals surface area (Å²) >= 11 is 0. The molecule has 2 N–H and O–H groups in total. The molecule has 3 rings (SSSR count). The minimum atomic E-state index is 0.174. The van der Waals surface area contributed by atoms with Gasteiger partial charge in [0.15, 0.2) is 0 Å². The van der Waals surface area contributed by atoms with Gasteiger partial charge in [0.2, 0.25) is 5.91 Å². The van der Waals surface area contributed by atoms with Crippen molar-refractivity contribution in [3.05, 3.63) is 29.3 Å². The second-order valence-corrected chi connectivity index (χ2v) is 6.34. The molecule has 0 atom stereocenters. The van der Waals surface area contributed by atoms with Gasteiger partial charge in [-0.15, -0.1) is 0 Å². The zero-order valence-electron chi connectivity index (χ0n) is 12.3. The fourth-order valence-electron chi connectivity index (χ4n) is 3.83. The number of aryl methyl sites for hydroxylation is 1. The first-order valence-corrected chi connectivity index (χ1v) is 7.76. The van der Waals surface area contributed by atoms with Gasteiger partial charge in [0.05, 0.1) is 0 Å². The Bertz CT molecular complexity index is 518. The maximum Gasteiger partial charge on any atom is 0.227 e. The molecule has 0 saturated heterocycles. The largest absolute Gasteiger partial charge is 0.330 e. The van der Waals surface area contributed by atoms with Gasteiger partial charge in [-0.3, -0.25) is 4.79 Å². The number of nitrogens with zero attached hydrogens (tertiary/aromatic N) is 1. The molecule has 1 heterocycles. The van der Waals surface area contributed by atoms with Crippen molar-refractivity contribution in [2.75, 3.05) is 18.5 Å². The molecule has 3 nitrogen and oxygen atoms in total. The summed E-state index contributed by atoms with van der Waals surface area (Å²) in [5, 5.41) is 0. The summed E-state index contributed by atoms with van der Waals surface area (Å²) < 4.78 is 0. The highest BCUT2D eigenvalue weighted by Gasteiger charge is 2.33. The average Bonchev–Trinajstić information content (AvgIpc) is 2.51. The predicted molar refractivity (Wildman–Crippen MR) is 82.0 cm³/mol. The van der Waals surface area contributed by atoms with Crippen molar-refractivity contribution < 1.29 is 4.79 Å². The van der Waals surface area contributed by atoms with E-state index in [2.05, 4.69) is 18.2 Å². The van der Waals surface area contributed by atoms with E-state index < -0.39 is 0 Å². The molecule has 0 spiro atoms. The SMILES string of the molecule is CN1C(=O)CCc2cc(C3(CN)CCCCC3)ccc21. The molecular weight excluding hydrogens is 248 g/mol. The average molecular weight is 272 g/mol. The Morgan fingerprint density at radius 1 is 1.20 bits per heavy atom. The van der Waals surface area contributed by atoms with E-state index >= 15 is 0 Å². The quantitative estimate of drug-likeness (QED) is 0.900. The van der Waals surface area contributed by atoms with Crippen LogP contribution in [0.3, 0.4) is 0 Å². The molecule has 108 valence electrons. The number of amides is 1. The number of nitrogens with two attached hydrogens (primary N) is 1. The normalized spacial score (nSPS) is 21.7. The van der Waals surface area contributed by atoms with Gasteiger partial charge < -0.3 is 10.6 Å². The van der Waals surface area contributed by atoms with Gasteiger partial charge >= 0.3 is 0 Å². The minimum absolute atomic E-state index is 0.174. The number of rotatable bonds is 2. The van der Waals surface area contributed by atoms with Gasteiger partial charge in [-0.05, 0) is 36.5 Å². The topological polar surface area (TPSA) is 46.3 Å². The molecule has 1 saturated carbocycles. The highest BCUT2D eigenvalue weighted by Crippen LogP contribution is 2.40. The summed E-state index contributed by atoms with van der Waals surface area (Å²) in [4.78, 5) is 13.6. The molecule has 1 fully saturated rings. The lowest BCUT2D eigenvalue weighted by molar-refractivity contribution is -0.118. The first-order valence-electron chi connectivity index (χ1n) is 7.76. The molecular formula is C17H24N2O. The number of carbonyl (C=O) groups excluding carboxylic acids is 1. The Morgan fingerprint density at radius 3 is 2.65 bits per heavy atom. The summed E-state index contributed by atoms with van der Waals surface area (Å²) in [6, 6.07) is 6.64. The van der Waals surface area contributed by atoms with Crippen LogP contribution in [-0.2, 0) is 16.6 Å². The minimum Gasteiger partial charge on any atom is -0.330 e. The van der Waals surface area contributed by atoms with E-state index in [1.54, 1.807) is 4.90 Å². The van der Waals surface area contributed by atoms with E-state index in [1.165, 1.54) is 43.2 Å². The first-order chi connectivity index (χ1) is 9.66. The van der Waals surface area contributed by atoms with Gasteiger partial charge in [0.1, 0.15) is 0 Å². The van der Waals surface area contributed by atoms with Gasteiger partial charge in [-0.2, -0.15) is 0 Å². The molecule has 2 aliphatic rings. The molecule has 0 radical (unpaired) electrons. The Hall–Kier alpha value is -1.35. The van der Waals surface area contributed by atoms with E-state index in [0.717, 1.165) is 18.7 Å². The molecule has 3 heteroatoms. The molecule has 1 aliphatic carbocycles. The standard InChI is InChI=1S/C17H24N2O/c1-19-15-7-6-14(11-13(15)5-8-16(19)20)17(12-18)9-3-2-4-10-17/h6-7,11H,2-5,8-10,12,18H2,1H3. The smallest absolute Gasteiger partial charge is 0.227 e. The maximum absolute atomic E-state index is 11.8. The lowest BCUT2D eigenvalue weighted by Crippen LogP contribution is -2.38. The van der Waals surface area contributed by atoms with Crippen molar-refractivity contribution in [1.29, 1.82) is 0 Å². The summed E-state index contributed by atoms with van der Waals surface area (Å²) in [5.41, 5.74) is 10.1. The molecule has 1 aromatic rings. The van der Waals surface area contributed by atoms with E-state index in [9.17, 15) is 4.79 Å². The van der Waals surface area contributed by atoms with E-state index in [1.807, 2.05) is 7.05 Å². The van der Waals surface area contributed by atoms with Gasteiger partial charge in [-0.1, -0.05) is 31.4 Å². The predicted octanol–water partition coefficient (Wildman–Crippen LogP) is 2.76. The second-order valence-electron chi connectivity index (χ2n) is 6.34. The lowest BCUT2D eigenvalue weighted by atomic mass is 9.69. The number of hydrogen-bond donors (Lipinski definition) is 1. The van der Waals surface area contributed by atoms with Crippen LogP contribution in [0.4, 0.5) is 5.69 Å². The van der Waals surface area contributed by atoms with Crippen molar-refractivity contribution in [1.82, 2.24) is 0 Å². The van der Waals surface area contributed by atoms with Crippen molar-refractivity contribution in [3.8, 4) is 0 Å². The van der Waals surface area contributed by atoms with Crippen LogP contribution in [0.15, 0.2) is 18.2 Å². The summed E-state index contributed by atoms with van der Waals surface area (Å²) in [6.07, 6.45) is 7.81. The third-order valence-corrected chi connectivity index (χ3v) is 5.24. The van der Waals surface area contributed by atoms with Crippen molar-refractivity contribution in [3.63, 3.8) is 0 Å². The highest BCUT2D eigenvalue weighted by atomic mass is 16.2. The Kier molecular flexibility index (Phi) is 3.55. The number of anilines is 1. The van der Waals surface area contributed by atoms with Crippen LogP contribution in [0.2, 0.25) is 0 Å². The fraction of sp³-hybridized carbons (Fsp3) is 0.588. The Labute approximate surface area is 121 Å². The van der Waals surface area contributed by atoms with Gasteiger partial charge in [0.25, 0.3) is 0 Å². The van der Waals surface area contributed by atoms with Crippen molar-refractivity contribution in [2.45, 2.75) is 50.4 Å². The maximum atomic E-state index is 11.8. The summed E-state index contributed by atoms with van der Waals surface area (Å²) in [6.45, 7) is 0.737. The number of benzene rings is 1. The monoisotopic (exact) mass is 272 g/mol. The van der Waals surface area contributed by atoms with Crippen LogP contribution >= 0.6 is 0 Å². The second kappa shape index (κ2) is 5.21. The summed E-state index contributed by atoms with van der Waals surface area (Å²) in [5.74, 6) is 0.219. The zero-order valence-corrected chi connectivity index (χ0v) is 12.3. The molecule has 0 bridgehead atoms. The zero-order chi connectivity index (χ0) is 14.2. The van der Waals surface area contributed by atoms with Crippen LogP contribution < -0.4 is 10.6 Å². The van der Waals surface area contributed by atoms with Crippen LogP contribution in [0.5, 0.6) is 0 Å². The number of carbonyl (C=O) groups is 1. The van der Waals surface area contributed by atoms with Crippen molar-refractivity contribution >= 4 is 11.6 Å². The van der Waals surface area contributed by atoms with E-state index in [-0.39, 0.29) is 11.3 Å². The number of hydrogen-bond acceptors (Lipinski definition) is 2. The highest BCUT2D eigenvalue weighted by molar-refractivity contribution is 5.95. The van der Waals surface area contributed by atoms with Crippen LogP contribution in [0.25, 0.3) is 0 Å². The molecule has 20 heavy (non-hydrogen) atoms. The molecule has 0 aromatic heterocycles. The lowest BCUT2D eigenvalue weighted by Gasteiger charge is -2.38. The van der Waals surface area contributed by atoms with E-state index in [4.69, 9.17) is 5.73 Å². The Balaban J connectivity index is 1.97. The van der Waals surface area contributed by atoms with Crippen LogP contribution in [0.1, 0.15) is 49.7 Å². The number of fused-ring (bicyclic) bond motifs is 1. The summed E-state index contributed by atoms with van der Waals surface area (Å²) in [7, 11) is 1.87. The molecule has 1 amide bonds. The third-order valence-electron chi connectivity index (χ3n) is 5.24. The molecule has 1 aromatic carbocycles.